The highest BCUT2D eigenvalue weighted by molar-refractivity contribution is 7.90. The van der Waals surface area contributed by atoms with E-state index in [1.807, 2.05) is 0 Å². The molecule has 0 atom stereocenters. The SMILES string of the molecule is Cc1[nH]n(C)c(=O)c1C(=O)c1ccc(S(C)(=O)=O)cc1[N+](=O)[O-]. The lowest BCUT2D eigenvalue weighted by atomic mass is 10.0. The van der Waals surface area contributed by atoms with Crippen LogP contribution in [0.3, 0.4) is 0 Å². The standard InChI is InChI=1S/C13H13N3O6S/c1-7-11(13(18)15(2)14-7)12(17)9-5-4-8(23(3,21)22)6-10(9)16(19)20/h4-6,14H,1-3H3. The highest BCUT2D eigenvalue weighted by Crippen LogP contribution is 2.25. The molecule has 0 aliphatic heterocycles. The number of carbonyl (C=O) groups excluding carboxylic acids is 1. The van der Waals surface area contributed by atoms with Crippen LogP contribution in [0.15, 0.2) is 27.9 Å². The summed E-state index contributed by atoms with van der Waals surface area (Å²) in [7, 11) is -2.26. The van der Waals surface area contributed by atoms with Gasteiger partial charge in [0, 0.05) is 25.1 Å². The third-order valence-corrected chi connectivity index (χ3v) is 4.40. The molecule has 23 heavy (non-hydrogen) atoms. The summed E-state index contributed by atoms with van der Waals surface area (Å²) in [5, 5.41) is 13.8. The quantitative estimate of drug-likeness (QED) is 0.492. The second-order valence-electron chi connectivity index (χ2n) is 5.01. The molecule has 0 amide bonds. The van der Waals surface area contributed by atoms with Crippen LogP contribution in [0.2, 0.25) is 0 Å². The van der Waals surface area contributed by atoms with Gasteiger partial charge in [0.05, 0.1) is 9.82 Å². The van der Waals surface area contributed by atoms with Crippen molar-refractivity contribution in [2.24, 2.45) is 7.05 Å². The number of nitro benzene ring substituents is 1. The number of benzene rings is 1. The van der Waals surface area contributed by atoms with Gasteiger partial charge in [-0.1, -0.05) is 0 Å². The summed E-state index contributed by atoms with van der Waals surface area (Å²) in [6, 6.07) is 2.96. The van der Waals surface area contributed by atoms with Gasteiger partial charge in [0.1, 0.15) is 11.1 Å². The highest BCUT2D eigenvalue weighted by Gasteiger charge is 2.27. The molecule has 0 radical (unpaired) electrons. The molecule has 0 bridgehead atoms. The second kappa shape index (κ2) is 5.47. The van der Waals surface area contributed by atoms with Crippen molar-refractivity contribution in [3.05, 3.63) is 55.5 Å². The zero-order valence-corrected chi connectivity index (χ0v) is 13.3. The Morgan fingerprint density at radius 1 is 1.35 bits per heavy atom. The third kappa shape index (κ3) is 2.93. The molecule has 0 saturated heterocycles. The minimum atomic E-state index is -3.67. The van der Waals surface area contributed by atoms with Gasteiger partial charge in [0.2, 0.25) is 5.78 Å². The summed E-state index contributed by atoms with van der Waals surface area (Å²) in [6.07, 6.45) is 0.902. The molecule has 9 nitrogen and oxygen atoms in total. The molecule has 0 spiro atoms. The largest absolute Gasteiger partial charge is 0.299 e. The predicted molar refractivity (Wildman–Crippen MR) is 80.4 cm³/mol. The van der Waals surface area contributed by atoms with Gasteiger partial charge in [-0.15, -0.1) is 0 Å². The van der Waals surface area contributed by atoms with Crippen molar-refractivity contribution < 1.29 is 18.1 Å². The second-order valence-corrected chi connectivity index (χ2v) is 7.03. The Bertz CT molecular complexity index is 984. The first-order valence-electron chi connectivity index (χ1n) is 6.33. The van der Waals surface area contributed by atoms with E-state index < -0.39 is 31.8 Å². The lowest BCUT2D eigenvalue weighted by molar-refractivity contribution is -0.385. The first-order valence-corrected chi connectivity index (χ1v) is 8.22. The number of hydrogen-bond acceptors (Lipinski definition) is 6. The van der Waals surface area contributed by atoms with Crippen LogP contribution in [0.25, 0.3) is 0 Å². The molecule has 0 aliphatic rings. The summed E-state index contributed by atoms with van der Waals surface area (Å²) >= 11 is 0. The number of nitrogens with one attached hydrogen (secondary N) is 1. The van der Waals surface area contributed by atoms with E-state index in [9.17, 15) is 28.1 Å². The Hall–Kier alpha value is -2.75. The molecule has 0 unspecified atom stereocenters. The molecule has 0 fully saturated rings. The van der Waals surface area contributed by atoms with E-state index in [1.165, 1.54) is 14.0 Å². The van der Waals surface area contributed by atoms with Crippen LogP contribution in [0, 0.1) is 17.0 Å². The Kier molecular flexibility index (Phi) is 3.95. The van der Waals surface area contributed by atoms with Crippen LogP contribution in [-0.4, -0.2) is 35.2 Å². The van der Waals surface area contributed by atoms with Gasteiger partial charge in [-0.05, 0) is 19.1 Å². The first kappa shape index (κ1) is 16.6. The molecule has 0 saturated carbocycles. The van der Waals surface area contributed by atoms with E-state index in [4.69, 9.17) is 0 Å². The van der Waals surface area contributed by atoms with Crippen LogP contribution in [-0.2, 0) is 16.9 Å². The van der Waals surface area contributed by atoms with E-state index in [-0.39, 0.29) is 21.7 Å². The fraction of sp³-hybridized carbons (Fsp3) is 0.231. The molecule has 122 valence electrons. The topological polar surface area (TPSA) is 132 Å². The van der Waals surface area contributed by atoms with Crippen LogP contribution < -0.4 is 5.56 Å². The number of nitrogens with zero attached hydrogens (tertiary/aromatic N) is 2. The summed E-state index contributed by atoms with van der Waals surface area (Å²) in [5.41, 5.74) is -1.58. The van der Waals surface area contributed by atoms with Gasteiger partial charge in [0.15, 0.2) is 9.84 Å². The number of ketones is 1. The van der Waals surface area contributed by atoms with E-state index in [0.29, 0.717) is 0 Å². The van der Waals surface area contributed by atoms with E-state index >= 15 is 0 Å². The smallest absolute Gasteiger partial charge is 0.281 e. The molecule has 10 heteroatoms. The number of nitro groups is 1. The lowest BCUT2D eigenvalue weighted by Gasteiger charge is -2.04. The fourth-order valence-electron chi connectivity index (χ4n) is 2.17. The van der Waals surface area contributed by atoms with Crippen LogP contribution in [0.5, 0.6) is 0 Å². The number of aromatic nitrogens is 2. The molecule has 1 N–H and O–H groups in total. The molecule has 0 aliphatic carbocycles. The Morgan fingerprint density at radius 3 is 2.39 bits per heavy atom. The maximum atomic E-state index is 12.5. The van der Waals surface area contributed by atoms with Gasteiger partial charge in [0.25, 0.3) is 11.2 Å². The highest BCUT2D eigenvalue weighted by atomic mass is 32.2. The third-order valence-electron chi connectivity index (χ3n) is 3.29. The van der Waals surface area contributed by atoms with Crippen molar-refractivity contribution in [3.63, 3.8) is 0 Å². The monoisotopic (exact) mass is 339 g/mol. The number of aryl methyl sites for hydroxylation is 2. The molecular weight excluding hydrogens is 326 g/mol. The molecular formula is C13H13N3O6S. The number of hydrogen-bond donors (Lipinski definition) is 1. The van der Waals surface area contributed by atoms with Crippen molar-refractivity contribution in [1.29, 1.82) is 0 Å². The molecule has 1 aromatic carbocycles. The van der Waals surface area contributed by atoms with Crippen LogP contribution >= 0.6 is 0 Å². The maximum Gasteiger partial charge on any atom is 0.281 e. The van der Waals surface area contributed by atoms with Gasteiger partial charge >= 0.3 is 0 Å². The van der Waals surface area contributed by atoms with Crippen LogP contribution in [0.1, 0.15) is 21.6 Å². The number of rotatable bonds is 4. The van der Waals surface area contributed by atoms with Crippen molar-refractivity contribution in [2.45, 2.75) is 11.8 Å². The number of sulfone groups is 1. The normalized spacial score (nSPS) is 11.4. The fourth-order valence-corrected chi connectivity index (χ4v) is 2.81. The molecule has 2 rings (SSSR count). The average Bonchev–Trinajstić information content (AvgIpc) is 2.69. The zero-order chi connectivity index (χ0) is 17.5. The molecule has 2 aromatic rings. The zero-order valence-electron chi connectivity index (χ0n) is 12.5. The minimum Gasteiger partial charge on any atom is -0.299 e. The van der Waals surface area contributed by atoms with E-state index in [2.05, 4.69) is 5.10 Å². The number of carbonyl (C=O) groups is 1. The average molecular weight is 339 g/mol. The Morgan fingerprint density at radius 2 is 1.96 bits per heavy atom. The number of H-pyrrole nitrogens is 1. The Balaban J connectivity index is 2.70. The van der Waals surface area contributed by atoms with Gasteiger partial charge in [-0.2, -0.15) is 0 Å². The summed E-state index contributed by atoms with van der Waals surface area (Å²) in [6.45, 7) is 1.49. The van der Waals surface area contributed by atoms with Crippen molar-refractivity contribution >= 4 is 21.3 Å². The lowest BCUT2D eigenvalue weighted by Crippen LogP contribution is -2.20. The first-order chi connectivity index (χ1) is 10.5. The van der Waals surface area contributed by atoms with E-state index in [1.54, 1.807) is 0 Å². The summed E-state index contributed by atoms with van der Waals surface area (Å²) < 4.78 is 24.1. The Labute approximate surface area is 130 Å². The van der Waals surface area contributed by atoms with Gasteiger partial charge in [-0.3, -0.25) is 29.5 Å². The van der Waals surface area contributed by atoms with Crippen molar-refractivity contribution in [2.75, 3.05) is 6.26 Å². The molecule has 1 aromatic heterocycles. The van der Waals surface area contributed by atoms with Crippen molar-refractivity contribution in [1.82, 2.24) is 9.78 Å². The van der Waals surface area contributed by atoms with Crippen molar-refractivity contribution in [3.8, 4) is 0 Å². The van der Waals surface area contributed by atoms with Gasteiger partial charge < -0.3 is 0 Å². The maximum absolute atomic E-state index is 12.5. The molecule has 1 heterocycles. The predicted octanol–water partition coefficient (Wildman–Crippen LogP) is 0.565. The summed E-state index contributed by atoms with van der Waals surface area (Å²) in [5.74, 6) is -0.837. The van der Waals surface area contributed by atoms with E-state index in [0.717, 1.165) is 29.1 Å². The van der Waals surface area contributed by atoms with Gasteiger partial charge in [-0.25, -0.2) is 8.42 Å². The van der Waals surface area contributed by atoms with Crippen LogP contribution in [0.4, 0.5) is 5.69 Å². The minimum absolute atomic E-state index is 0.220. The number of aromatic amines is 1. The summed E-state index contributed by atoms with van der Waals surface area (Å²) in [4.78, 5) is 34.5.